The number of anilines is 1. The molecule has 1 aromatic rings. The van der Waals surface area contributed by atoms with Crippen molar-refractivity contribution in [1.82, 2.24) is 10.2 Å². The lowest BCUT2D eigenvalue weighted by molar-refractivity contribution is -0.122. The van der Waals surface area contributed by atoms with Crippen molar-refractivity contribution >= 4 is 17.5 Å². The van der Waals surface area contributed by atoms with Crippen LogP contribution in [-0.2, 0) is 14.3 Å². The van der Waals surface area contributed by atoms with Crippen molar-refractivity contribution in [3.63, 3.8) is 0 Å². The Morgan fingerprint density at radius 1 is 1.15 bits per heavy atom. The number of nitrogens with zero attached hydrogens (tertiary/aromatic N) is 2. The van der Waals surface area contributed by atoms with Crippen LogP contribution in [-0.4, -0.2) is 68.3 Å². The van der Waals surface area contributed by atoms with Crippen molar-refractivity contribution in [3.05, 3.63) is 24.3 Å². The summed E-state index contributed by atoms with van der Waals surface area (Å²) >= 11 is 0. The summed E-state index contributed by atoms with van der Waals surface area (Å²) in [5.41, 5.74) is 0.587. The molecule has 3 heterocycles. The van der Waals surface area contributed by atoms with Gasteiger partial charge in [-0.2, -0.15) is 0 Å². The first-order valence-electron chi connectivity index (χ1n) is 9.30. The second-order valence-corrected chi connectivity index (χ2v) is 7.20. The van der Waals surface area contributed by atoms with Crippen molar-refractivity contribution in [1.29, 1.82) is 0 Å². The van der Waals surface area contributed by atoms with Gasteiger partial charge in [0.15, 0.2) is 0 Å². The van der Waals surface area contributed by atoms with E-state index in [9.17, 15) is 9.59 Å². The Labute approximate surface area is 153 Å². The van der Waals surface area contributed by atoms with Crippen LogP contribution in [0.3, 0.4) is 0 Å². The highest BCUT2D eigenvalue weighted by Crippen LogP contribution is 2.32. The first-order chi connectivity index (χ1) is 12.7. The summed E-state index contributed by atoms with van der Waals surface area (Å²) in [6, 6.07) is 7.68. The number of benzene rings is 1. The van der Waals surface area contributed by atoms with E-state index in [2.05, 4.69) is 10.2 Å². The number of likely N-dealkylation sites (tertiary alicyclic amines) is 1. The summed E-state index contributed by atoms with van der Waals surface area (Å²) in [7, 11) is 0. The van der Waals surface area contributed by atoms with Crippen LogP contribution in [0.25, 0.3) is 0 Å². The number of fused-ring (bicyclic) bond motifs is 1. The van der Waals surface area contributed by atoms with Gasteiger partial charge in [-0.15, -0.1) is 0 Å². The summed E-state index contributed by atoms with van der Waals surface area (Å²) in [6.45, 7) is 4.17. The van der Waals surface area contributed by atoms with Gasteiger partial charge >= 0.3 is 0 Å². The van der Waals surface area contributed by atoms with Gasteiger partial charge in [0.1, 0.15) is 12.4 Å². The van der Waals surface area contributed by atoms with E-state index in [1.54, 1.807) is 0 Å². The van der Waals surface area contributed by atoms with Gasteiger partial charge in [-0.3, -0.25) is 14.5 Å². The minimum absolute atomic E-state index is 0.0606. The van der Waals surface area contributed by atoms with Crippen LogP contribution in [0.1, 0.15) is 19.3 Å². The van der Waals surface area contributed by atoms with Crippen LogP contribution in [0, 0.1) is 0 Å². The molecule has 2 amide bonds. The molecule has 4 rings (SSSR count). The second-order valence-electron chi connectivity index (χ2n) is 7.20. The zero-order valence-corrected chi connectivity index (χ0v) is 14.9. The highest BCUT2D eigenvalue weighted by Gasteiger charge is 2.38. The fraction of sp³-hybridized carbons (Fsp3) is 0.579. The molecule has 1 N–H and O–H groups in total. The average molecular weight is 359 g/mol. The molecular formula is C19H25N3O4. The number of hydrogen-bond acceptors (Lipinski definition) is 5. The van der Waals surface area contributed by atoms with E-state index in [4.69, 9.17) is 9.47 Å². The lowest BCUT2D eigenvalue weighted by Crippen LogP contribution is -2.53. The van der Waals surface area contributed by atoms with Gasteiger partial charge in [-0.1, -0.05) is 12.1 Å². The van der Waals surface area contributed by atoms with Crippen molar-refractivity contribution in [3.8, 4) is 5.75 Å². The number of rotatable bonds is 2. The molecule has 1 spiro atoms. The molecule has 2 fully saturated rings. The number of carbonyl (C=O) groups is 2. The quantitative estimate of drug-likeness (QED) is 0.845. The second kappa shape index (κ2) is 7.25. The number of nitrogens with one attached hydrogen (secondary N) is 1. The minimum atomic E-state index is -0.267. The molecule has 0 aromatic heterocycles. The van der Waals surface area contributed by atoms with Crippen LogP contribution in [0.15, 0.2) is 24.3 Å². The molecule has 1 aromatic carbocycles. The maximum Gasteiger partial charge on any atom is 0.241 e. The van der Waals surface area contributed by atoms with Crippen molar-refractivity contribution < 1.29 is 19.1 Å². The van der Waals surface area contributed by atoms with Gasteiger partial charge < -0.3 is 19.7 Å². The van der Waals surface area contributed by atoms with Gasteiger partial charge in [-0.25, -0.2) is 0 Å². The molecule has 140 valence electrons. The number of amides is 2. The maximum atomic E-state index is 12.8. The molecule has 0 aliphatic carbocycles. The number of para-hydroxylation sites is 2. The molecular weight excluding hydrogens is 334 g/mol. The monoisotopic (exact) mass is 359 g/mol. The van der Waals surface area contributed by atoms with E-state index in [0.717, 1.165) is 37.4 Å². The molecule has 7 nitrogen and oxygen atoms in total. The van der Waals surface area contributed by atoms with E-state index in [1.807, 2.05) is 29.2 Å². The molecule has 0 atom stereocenters. The molecule has 3 aliphatic heterocycles. The molecule has 7 heteroatoms. The van der Waals surface area contributed by atoms with Gasteiger partial charge in [0.2, 0.25) is 11.8 Å². The summed E-state index contributed by atoms with van der Waals surface area (Å²) in [5, 5.41) is 2.95. The topological polar surface area (TPSA) is 71.1 Å². The molecule has 0 bridgehead atoms. The van der Waals surface area contributed by atoms with Gasteiger partial charge in [0.25, 0.3) is 0 Å². The maximum absolute atomic E-state index is 12.8. The fourth-order valence-electron chi connectivity index (χ4n) is 3.90. The SMILES string of the molecule is O=C1CCOC2(CCN(CC(=O)N3CCOc4ccccc43)CC2)CN1. The average Bonchev–Trinajstić information content (AvgIpc) is 2.85. The predicted molar refractivity (Wildman–Crippen MR) is 96.3 cm³/mol. The summed E-state index contributed by atoms with van der Waals surface area (Å²) < 4.78 is 11.6. The molecule has 2 saturated heterocycles. The van der Waals surface area contributed by atoms with Crippen molar-refractivity contribution in [2.24, 2.45) is 0 Å². The molecule has 26 heavy (non-hydrogen) atoms. The molecule has 0 radical (unpaired) electrons. The summed E-state index contributed by atoms with van der Waals surface area (Å²) in [5.74, 6) is 0.935. The fourth-order valence-corrected chi connectivity index (χ4v) is 3.90. The Morgan fingerprint density at radius 3 is 2.81 bits per heavy atom. The lowest BCUT2D eigenvalue weighted by atomic mass is 9.91. The number of piperidine rings is 1. The summed E-state index contributed by atoms with van der Waals surface area (Å²) in [6.07, 6.45) is 2.10. The predicted octanol–water partition coefficient (Wildman–Crippen LogP) is 0.783. The Morgan fingerprint density at radius 2 is 1.96 bits per heavy atom. The van der Waals surface area contributed by atoms with E-state index in [1.165, 1.54) is 0 Å². The highest BCUT2D eigenvalue weighted by molar-refractivity contribution is 5.96. The zero-order chi connectivity index (χ0) is 18.0. The number of carbonyl (C=O) groups excluding carboxylic acids is 2. The van der Waals surface area contributed by atoms with Gasteiger partial charge in [0.05, 0.1) is 31.0 Å². The number of ether oxygens (including phenoxy) is 2. The minimum Gasteiger partial charge on any atom is -0.490 e. The normalized spacial score (nSPS) is 22.9. The third-order valence-electron chi connectivity index (χ3n) is 5.50. The first kappa shape index (κ1) is 17.3. The highest BCUT2D eigenvalue weighted by atomic mass is 16.5. The van der Waals surface area contributed by atoms with E-state index < -0.39 is 0 Å². The smallest absolute Gasteiger partial charge is 0.241 e. The Bertz CT molecular complexity index is 685. The summed E-state index contributed by atoms with van der Waals surface area (Å²) in [4.78, 5) is 28.4. The standard InChI is InChI=1S/C19H25N3O4/c23-17-5-11-26-19(14-20-17)6-8-21(9-7-19)13-18(24)22-10-12-25-16-4-2-1-3-15(16)22/h1-4H,5-14H2,(H,20,23). The molecule has 0 saturated carbocycles. The van der Waals surface area contributed by atoms with E-state index in [0.29, 0.717) is 39.3 Å². The van der Waals surface area contributed by atoms with Crippen molar-refractivity contribution in [2.75, 3.05) is 50.8 Å². The van der Waals surface area contributed by atoms with Crippen LogP contribution >= 0.6 is 0 Å². The Hall–Kier alpha value is -2.12. The van der Waals surface area contributed by atoms with Crippen LogP contribution < -0.4 is 15.0 Å². The first-order valence-corrected chi connectivity index (χ1v) is 9.30. The number of hydrogen-bond donors (Lipinski definition) is 1. The Balaban J connectivity index is 1.35. The van der Waals surface area contributed by atoms with Crippen molar-refractivity contribution in [2.45, 2.75) is 24.9 Å². The van der Waals surface area contributed by atoms with Gasteiger partial charge in [-0.05, 0) is 25.0 Å². The zero-order valence-electron chi connectivity index (χ0n) is 14.9. The largest absolute Gasteiger partial charge is 0.490 e. The van der Waals surface area contributed by atoms with Crippen LogP contribution in [0.5, 0.6) is 5.75 Å². The van der Waals surface area contributed by atoms with E-state index >= 15 is 0 Å². The van der Waals surface area contributed by atoms with Gasteiger partial charge in [0, 0.05) is 26.1 Å². The third-order valence-corrected chi connectivity index (χ3v) is 5.50. The third kappa shape index (κ3) is 3.54. The van der Waals surface area contributed by atoms with Crippen LogP contribution in [0.2, 0.25) is 0 Å². The molecule has 3 aliphatic rings. The van der Waals surface area contributed by atoms with Crippen LogP contribution in [0.4, 0.5) is 5.69 Å². The van der Waals surface area contributed by atoms with E-state index in [-0.39, 0.29) is 17.4 Å². The lowest BCUT2D eigenvalue weighted by Gasteiger charge is -2.41. The molecule has 0 unspecified atom stereocenters. The Kier molecular flexibility index (Phi) is 4.82.